The van der Waals surface area contributed by atoms with Crippen molar-refractivity contribution in [1.82, 2.24) is 0 Å². The average Bonchev–Trinajstić information content (AvgIpc) is 2.57. The first-order chi connectivity index (χ1) is 10.5. The molecule has 0 aliphatic heterocycles. The Labute approximate surface area is 135 Å². The third-order valence-corrected chi connectivity index (χ3v) is 7.20. The summed E-state index contributed by atoms with van der Waals surface area (Å²) >= 11 is 0. The molecule has 0 aromatic carbocycles. The predicted octanol–water partition coefficient (Wildman–Crippen LogP) is 1.68. The van der Waals surface area contributed by atoms with Crippen molar-refractivity contribution in [3.8, 4) is 0 Å². The van der Waals surface area contributed by atoms with Gasteiger partial charge in [0.2, 0.25) is 0 Å². The summed E-state index contributed by atoms with van der Waals surface area (Å²) in [4.78, 5) is 0. The first-order valence-corrected chi connectivity index (χ1v) is 10.4. The van der Waals surface area contributed by atoms with Crippen molar-refractivity contribution in [2.24, 2.45) is 0 Å². The fourth-order valence-corrected chi connectivity index (χ4v) is 4.46. The molecule has 0 bridgehead atoms. The van der Waals surface area contributed by atoms with Gasteiger partial charge in [0.05, 0.1) is 0 Å². The molecule has 0 unspecified atom stereocenters. The Bertz CT molecular complexity index is 235. The Morgan fingerprint density at radius 3 is 1.27 bits per heavy atom. The van der Waals surface area contributed by atoms with Crippen LogP contribution in [-0.4, -0.2) is 67.0 Å². The van der Waals surface area contributed by atoms with Gasteiger partial charge in [-0.3, -0.25) is 0 Å². The second-order valence-electron chi connectivity index (χ2n) is 4.39. The molecule has 0 atom stereocenters. The molecule has 0 aromatic rings. The van der Waals surface area contributed by atoms with E-state index < -0.39 is 24.4 Å². The van der Waals surface area contributed by atoms with E-state index in [2.05, 4.69) is 6.92 Å². The van der Waals surface area contributed by atoms with Gasteiger partial charge < -0.3 is 35.4 Å². The molecule has 0 aromatic heterocycles. The van der Waals surface area contributed by atoms with Crippen molar-refractivity contribution in [3.05, 3.63) is 0 Å². The first-order valence-electron chi connectivity index (χ1n) is 7.17. The SMILES string of the molecule is CCCCCC(O[Si](OC)(OC)OC)O[Si](OC)(OC)OC. The van der Waals surface area contributed by atoms with Crippen LogP contribution >= 0.6 is 0 Å². The van der Waals surface area contributed by atoms with Gasteiger partial charge in [0.1, 0.15) is 6.29 Å². The Balaban J connectivity index is 5.01. The molecule has 0 fully saturated rings. The van der Waals surface area contributed by atoms with Gasteiger partial charge in [-0.25, -0.2) is 0 Å². The van der Waals surface area contributed by atoms with Crippen molar-refractivity contribution in [3.63, 3.8) is 0 Å². The molecule has 0 saturated carbocycles. The van der Waals surface area contributed by atoms with Gasteiger partial charge >= 0.3 is 18.1 Å². The van der Waals surface area contributed by atoms with Crippen LogP contribution in [0, 0.1) is 0 Å². The number of rotatable bonds is 14. The molecule has 0 N–H and O–H groups in total. The van der Waals surface area contributed by atoms with E-state index in [1.807, 2.05) is 0 Å². The molecular weight excluding hydrogens is 328 g/mol. The Kier molecular flexibility index (Phi) is 11.7. The molecule has 0 radical (unpaired) electrons. The van der Waals surface area contributed by atoms with Crippen molar-refractivity contribution in [1.29, 1.82) is 0 Å². The highest BCUT2D eigenvalue weighted by molar-refractivity contribution is 6.54. The highest BCUT2D eigenvalue weighted by Crippen LogP contribution is 2.21. The van der Waals surface area contributed by atoms with E-state index in [0.717, 1.165) is 19.3 Å². The average molecular weight is 359 g/mol. The van der Waals surface area contributed by atoms with Gasteiger partial charge in [-0.15, -0.1) is 0 Å². The van der Waals surface area contributed by atoms with Gasteiger partial charge in [0.15, 0.2) is 0 Å². The van der Waals surface area contributed by atoms with Crippen LogP contribution in [0.2, 0.25) is 0 Å². The first kappa shape index (κ1) is 22.1. The van der Waals surface area contributed by atoms with Crippen LogP contribution in [0.25, 0.3) is 0 Å². The summed E-state index contributed by atoms with van der Waals surface area (Å²) in [7, 11) is 2.31. The maximum Gasteiger partial charge on any atom is 0.680 e. The quantitative estimate of drug-likeness (QED) is 0.264. The van der Waals surface area contributed by atoms with Crippen molar-refractivity contribution >= 4 is 18.1 Å². The van der Waals surface area contributed by atoms with E-state index in [9.17, 15) is 0 Å². The zero-order valence-electron chi connectivity index (χ0n) is 14.7. The predicted molar refractivity (Wildman–Crippen MR) is 83.7 cm³/mol. The topological polar surface area (TPSA) is 73.8 Å². The molecule has 8 nitrogen and oxygen atoms in total. The molecule has 0 aliphatic rings. The fourth-order valence-electron chi connectivity index (χ4n) is 1.81. The summed E-state index contributed by atoms with van der Waals surface area (Å²) in [6, 6.07) is 0. The van der Waals surface area contributed by atoms with E-state index >= 15 is 0 Å². The lowest BCUT2D eigenvalue weighted by Gasteiger charge is -2.32. The van der Waals surface area contributed by atoms with E-state index in [-0.39, 0.29) is 0 Å². The third-order valence-electron chi connectivity index (χ3n) is 3.09. The molecule has 0 saturated heterocycles. The highest BCUT2D eigenvalue weighted by atomic mass is 28.4. The van der Waals surface area contributed by atoms with Gasteiger partial charge in [-0.1, -0.05) is 19.8 Å². The van der Waals surface area contributed by atoms with Crippen LogP contribution in [-0.2, 0) is 35.4 Å². The Hall–Kier alpha value is 0.114. The maximum atomic E-state index is 5.84. The van der Waals surface area contributed by atoms with E-state index in [1.54, 1.807) is 0 Å². The van der Waals surface area contributed by atoms with Crippen molar-refractivity contribution < 1.29 is 35.4 Å². The maximum absolute atomic E-state index is 5.84. The minimum atomic E-state index is -3.25. The lowest BCUT2D eigenvalue weighted by atomic mass is 10.2. The normalized spacial score (nSPS) is 13.1. The molecule has 134 valence electrons. The van der Waals surface area contributed by atoms with Crippen LogP contribution in [0.1, 0.15) is 32.6 Å². The molecule has 0 spiro atoms. The molecule has 0 rings (SSSR count). The van der Waals surface area contributed by atoms with Crippen molar-refractivity contribution in [2.45, 2.75) is 38.9 Å². The van der Waals surface area contributed by atoms with E-state index in [4.69, 9.17) is 35.4 Å². The molecular formula is C12H30O8Si2. The summed E-state index contributed by atoms with van der Waals surface area (Å²) in [5, 5.41) is 0. The van der Waals surface area contributed by atoms with Crippen LogP contribution < -0.4 is 0 Å². The van der Waals surface area contributed by atoms with Crippen LogP contribution in [0.5, 0.6) is 0 Å². The van der Waals surface area contributed by atoms with E-state index in [0.29, 0.717) is 6.42 Å². The fraction of sp³-hybridized carbons (Fsp3) is 1.00. The lowest BCUT2D eigenvalue weighted by Crippen LogP contribution is -2.54. The summed E-state index contributed by atoms with van der Waals surface area (Å²) in [5.74, 6) is 0. The Morgan fingerprint density at radius 2 is 1.00 bits per heavy atom. The second kappa shape index (κ2) is 11.6. The summed E-state index contributed by atoms with van der Waals surface area (Å²) in [5.41, 5.74) is 0. The van der Waals surface area contributed by atoms with Crippen LogP contribution in [0.15, 0.2) is 0 Å². The highest BCUT2D eigenvalue weighted by Gasteiger charge is 2.50. The summed E-state index contributed by atoms with van der Waals surface area (Å²) < 4.78 is 43.3. The number of hydrogen-bond acceptors (Lipinski definition) is 8. The zero-order chi connectivity index (χ0) is 17.1. The van der Waals surface area contributed by atoms with Gasteiger partial charge in [0, 0.05) is 42.7 Å². The third kappa shape index (κ3) is 6.70. The van der Waals surface area contributed by atoms with Gasteiger partial charge in [0.25, 0.3) is 0 Å². The molecule has 22 heavy (non-hydrogen) atoms. The van der Waals surface area contributed by atoms with E-state index in [1.165, 1.54) is 42.7 Å². The summed E-state index contributed by atoms with van der Waals surface area (Å²) in [6.07, 6.45) is 2.97. The van der Waals surface area contributed by atoms with Crippen molar-refractivity contribution in [2.75, 3.05) is 42.7 Å². The number of hydrogen-bond donors (Lipinski definition) is 0. The van der Waals surface area contributed by atoms with Crippen LogP contribution in [0.3, 0.4) is 0 Å². The minimum absolute atomic E-state index is 0.615. The monoisotopic (exact) mass is 358 g/mol. The Morgan fingerprint density at radius 1 is 0.636 bits per heavy atom. The molecule has 10 heteroatoms. The minimum Gasteiger partial charge on any atom is -0.355 e. The standard InChI is InChI=1S/C12H30O8Si2/c1-8-9-10-11-12(19-21(13-2,14-3)15-4)20-22(16-5,17-6)18-7/h12H,8-11H2,1-7H3. The van der Waals surface area contributed by atoms with Gasteiger partial charge in [-0.05, 0) is 12.8 Å². The molecule has 0 heterocycles. The zero-order valence-corrected chi connectivity index (χ0v) is 16.7. The number of unbranched alkanes of at least 4 members (excludes halogenated alkanes) is 2. The molecule has 0 aliphatic carbocycles. The summed E-state index contributed by atoms with van der Waals surface area (Å²) in [6.45, 7) is 2.12. The van der Waals surface area contributed by atoms with Crippen LogP contribution in [0.4, 0.5) is 0 Å². The second-order valence-corrected chi connectivity index (χ2v) is 9.31. The smallest absolute Gasteiger partial charge is 0.355 e. The molecule has 0 amide bonds. The lowest BCUT2D eigenvalue weighted by molar-refractivity contribution is -0.141. The largest absolute Gasteiger partial charge is 0.680 e. The van der Waals surface area contributed by atoms with Gasteiger partial charge in [-0.2, -0.15) is 0 Å².